The van der Waals surface area contributed by atoms with Gasteiger partial charge in [-0.1, -0.05) is 57.6 Å². The molecule has 2 aromatic carbocycles. The summed E-state index contributed by atoms with van der Waals surface area (Å²) in [5.41, 5.74) is 3.75. The van der Waals surface area contributed by atoms with Crippen LogP contribution in [0, 0.1) is 4.77 Å². The third-order valence-corrected chi connectivity index (χ3v) is 5.63. The summed E-state index contributed by atoms with van der Waals surface area (Å²) < 4.78 is 10.7. The molecule has 0 bridgehead atoms. The van der Waals surface area contributed by atoms with E-state index in [0.717, 1.165) is 27.0 Å². The first-order valence-corrected chi connectivity index (χ1v) is 10.1. The molecule has 0 atom stereocenters. The van der Waals surface area contributed by atoms with Crippen LogP contribution in [0.25, 0.3) is 16.9 Å². The molecule has 0 radical (unpaired) electrons. The number of tetrazole rings is 1. The van der Waals surface area contributed by atoms with Crippen molar-refractivity contribution in [3.8, 4) is 22.1 Å². The van der Waals surface area contributed by atoms with Crippen molar-refractivity contribution in [3.05, 3.63) is 68.7 Å². The van der Waals surface area contributed by atoms with Gasteiger partial charge in [0.1, 0.15) is 6.61 Å². The first kappa shape index (κ1) is 18.0. The van der Waals surface area contributed by atoms with E-state index in [2.05, 4.69) is 31.3 Å². The molecule has 0 spiro atoms. The summed E-state index contributed by atoms with van der Waals surface area (Å²) in [6, 6.07) is 15.9. The molecule has 0 aliphatic rings. The molecule has 0 unspecified atom stereocenters. The Morgan fingerprint density at radius 1 is 1.11 bits per heavy atom. The molecule has 136 valence electrons. The van der Waals surface area contributed by atoms with Crippen LogP contribution < -0.4 is 4.74 Å². The van der Waals surface area contributed by atoms with Crippen LogP contribution in [-0.4, -0.2) is 24.8 Å². The summed E-state index contributed by atoms with van der Waals surface area (Å²) in [4.78, 5) is 4.57. The first-order valence-electron chi connectivity index (χ1n) is 8.03. The highest BCUT2D eigenvalue weighted by molar-refractivity contribution is 9.10. The van der Waals surface area contributed by atoms with Crippen LogP contribution in [0.4, 0.5) is 0 Å². The van der Waals surface area contributed by atoms with Gasteiger partial charge in [-0.25, -0.2) is 9.67 Å². The minimum atomic E-state index is 0.363. The Bertz CT molecular complexity index is 1130. The number of aryl methyl sites for hydroxylation is 1. The van der Waals surface area contributed by atoms with E-state index in [0.29, 0.717) is 16.6 Å². The number of rotatable bonds is 5. The van der Waals surface area contributed by atoms with Crippen LogP contribution in [0.2, 0.25) is 0 Å². The minimum absolute atomic E-state index is 0.363. The smallest absolute Gasteiger partial charge is 0.274 e. The molecule has 0 saturated heterocycles. The van der Waals surface area contributed by atoms with Crippen molar-refractivity contribution in [1.29, 1.82) is 0 Å². The molecule has 2 aromatic heterocycles. The first-order chi connectivity index (χ1) is 13.1. The van der Waals surface area contributed by atoms with Crippen molar-refractivity contribution in [3.63, 3.8) is 0 Å². The molecular weight excluding hydrogens is 446 g/mol. The Hall–Kier alpha value is -2.36. The van der Waals surface area contributed by atoms with Gasteiger partial charge in [0.05, 0.1) is 11.4 Å². The van der Waals surface area contributed by atoms with E-state index >= 15 is 0 Å². The SMILES string of the molecule is Cn1nnn(-c2ccccc2COc2nc(-c3ccc(Br)cc3)cs2)c1=S. The third kappa shape index (κ3) is 3.85. The highest BCUT2D eigenvalue weighted by Gasteiger charge is 2.11. The van der Waals surface area contributed by atoms with E-state index in [9.17, 15) is 0 Å². The van der Waals surface area contributed by atoms with Gasteiger partial charge in [-0.2, -0.15) is 4.68 Å². The lowest BCUT2D eigenvalue weighted by Crippen LogP contribution is -2.05. The topological polar surface area (TPSA) is 57.8 Å². The lowest BCUT2D eigenvalue weighted by atomic mass is 10.2. The summed E-state index contributed by atoms with van der Waals surface area (Å²) in [7, 11) is 1.77. The molecule has 0 N–H and O–H groups in total. The van der Waals surface area contributed by atoms with Gasteiger partial charge < -0.3 is 4.74 Å². The van der Waals surface area contributed by atoms with E-state index in [1.807, 2.05) is 53.9 Å². The number of para-hydroxylation sites is 1. The molecule has 9 heteroatoms. The zero-order valence-electron chi connectivity index (χ0n) is 14.2. The van der Waals surface area contributed by atoms with Gasteiger partial charge in [0.2, 0.25) is 4.77 Å². The second-order valence-corrected chi connectivity index (χ2v) is 7.82. The maximum absolute atomic E-state index is 5.92. The summed E-state index contributed by atoms with van der Waals surface area (Å²) >= 11 is 10.3. The fourth-order valence-corrected chi connectivity index (χ4v) is 3.64. The lowest BCUT2D eigenvalue weighted by molar-refractivity contribution is 0.304. The normalized spacial score (nSPS) is 10.9. The highest BCUT2D eigenvalue weighted by Crippen LogP contribution is 2.28. The number of nitrogens with zero attached hydrogens (tertiary/aromatic N) is 5. The Morgan fingerprint density at radius 2 is 1.89 bits per heavy atom. The van der Waals surface area contributed by atoms with E-state index in [-0.39, 0.29) is 0 Å². The van der Waals surface area contributed by atoms with E-state index in [1.165, 1.54) is 11.3 Å². The third-order valence-electron chi connectivity index (χ3n) is 3.92. The predicted molar refractivity (Wildman–Crippen MR) is 111 cm³/mol. The van der Waals surface area contributed by atoms with Gasteiger partial charge in [0, 0.05) is 28.0 Å². The van der Waals surface area contributed by atoms with Gasteiger partial charge in [-0.15, -0.1) is 0 Å². The average molecular weight is 460 g/mol. The molecule has 4 rings (SSSR count). The van der Waals surface area contributed by atoms with Crippen molar-refractivity contribution in [2.75, 3.05) is 0 Å². The van der Waals surface area contributed by atoms with Crippen molar-refractivity contribution < 1.29 is 4.74 Å². The van der Waals surface area contributed by atoms with E-state index < -0.39 is 0 Å². The maximum atomic E-state index is 5.92. The number of halogens is 1. The molecule has 0 amide bonds. The van der Waals surface area contributed by atoms with Gasteiger partial charge in [0.25, 0.3) is 5.19 Å². The zero-order valence-corrected chi connectivity index (χ0v) is 17.5. The zero-order chi connectivity index (χ0) is 18.8. The Balaban J connectivity index is 1.54. The number of ether oxygens (including phenoxy) is 1. The molecule has 2 heterocycles. The Morgan fingerprint density at radius 3 is 2.63 bits per heavy atom. The van der Waals surface area contributed by atoms with Crippen molar-refractivity contribution >= 4 is 39.5 Å². The van der Waals surface area contributed by atoms with Crippen LogP contribution in [0.5, 0.6) is 5.19 Å². The van der Waals surface area contributed by atoms with Gasteiger partial charge in [-0.3, -0.25) is 0 Å². The van der Waals surface area contributed by atoms with Crippen molar-refractivity contribution in [2.24, 2.45) is 7.05 Å². The fraction of sp³-hybridized carbons (Fsp3) is 0.111. The summed E-state index contributed by atoms with van der Waals surface area (Å²) in [5, 5.41) is 10.7. The Labute approximate surface area is 173 Å². The predicted octanol–water partition coefficient (Wildman–Crippen LogP) is 4.80. The quantitative estimate of drug-likeness (QED) is 0.401. The summed E-state index contributed by atoms with van der Waals surface area (Å²) in [6.45, 7) is 0.363. The van der Waals surface area contributed by atoms with Crippen LogP contribution in [0.1, 0.15) is 5.56 Å². The second kappa shape index (κ2) is 7.71. The number of thiazole rings is 1. The molecule has 27 heavy (non-hydrogen) atoms. The van der Waals surface area contributed by atoms with Crippen LogP contribution in [-0.2, 0) is 13.7 Å². The molecule has 0 saturated carbocycles. The van der Waals surface area contributed by atoms with E-state index in [1.54, 1.807) is 16.4 Å². The lowest BCUT2D eigenvalue weighted by Gasteiger charge is -2.08. The Kier molecular flexibility index (Phi) is 5.15. The summed E-state index contributed by atoms with van der Waals surface area (Å²) in [5.74, 6) is 0. The summed E-state index contributed by atoms with van der Waals surface area (Å²) in [6.07, 6.45) is 0. The second-order valence-electron chi connectivity index (χ2n) is 5.72. The van der Waals surface area contributed by atoms with Gasteiger partial charge >= 0.3 is 0 Å². The largest absolute Gasteiger partial charge is 0.465 e. The van der Waals surface area contributed by atoms with Crippen LogP contribution in [0.3, 0.4) is 0 Å². The average Bonchev–Trinajstić information content (AvgIpc) is 3.28. The fourth-order valence-electron chi connectivity index (χ4n) is 2.52. The molecule has 6 nitrogen and oxygen atoms in total. The molecular formula is C18H14BrN5OS2. The molecule has 0 aliphatic heterocycles. The molecule has 4 aromatic rings. The minimum Gasteiger partial charge on any atom is -0.465 e. The number of hydrogen-bond donors (Lipinski definition) is 0. The monoisotopic (exact) mass is 459 g/mol. The number of aromatic nitrogens is 5. The van der Waals surface area contributed by atoms with Gasteiger partial charge in [0.15, 0.2) is 0 Å². The van der Waals surface area contributed by atoms with Crippen molar-refractivity contribution in [2.45, 2.75) is 6.61 Å². The van der Waals surface area contributed by atoms with Crippen LogP contribution in [0.15, 0.2) is 58.4 Å². The molecule has 0 fully saturated rings. The maximum Gasteiger partial charge on any atom is 0.274 e. The van der Waals surface area contributed by atoms with E-state index in [4.69, 9.17) is 17.0 Å². The van der Waals surface area contributed by atoms with Gasteiger partial charge in [-0.05, 0) is 40.8 Å². The molecule has 0 aliphatic carbocycles. The van der Waals surface area contributed by atoms with Crippen molar-refractivity contribution in [1.82, 2.24) is 24.8 Å². The number of benzene rings is 2. The van der Waals surface area contributed by atoms with Crippen LogP contribution >= 0.6 is 39.5 Å². The number of hydrogen-bond acceptors (Lipinski definition) is 6. The standard InChI is InChI=1S/C18H14BrN5OS2/c1-23-18(26)24(22-21-23)16-5-3-2-4-13(16)10-25-17-20-15(11-27-17)12-6-8-14(19)9-7-12/h2-9,11H,10H2,1H3. The highest BCUT2D eigenvalue weighted by atomic mass is 79.9.